The average molecular weight is 269 g/mol. The molecule has 1 aromatic carbocycles. The first-order valence-corrected chi connectivity index (χ1v) is 6.66. The summed E-state index contributed by atoms with van der Waals surface area (Å²) in [6.45, 7) is 0. The van der Waals surface area contributed by atoms with Gasteiger partial charge in [0.1, 0.15) is 0 Å². The van der Waals surface area contributed by atoms with Crippen LogP contribution >= 0.6 is 11.3 Å². The van der Waals surface area contributed by atoms with Crippen LogP contribution in [0.3, 0.4) is 0 Å². The highest BCUT2D eigenvalue weighted by atomic mass is 32.1. The summed E-state index contributed by atoms with van der Waals surface area (Å²) in [6.07, 6.45) is 0. The van der Waals surface area contributed by atoms with Gasteiger partial charge in [-0.05, 0) is 23.6 Å². The number of nitrogens with zero attached hydrogens (tertiary/aromatic N) is 1. The lowest BCUT2D eigenvalue weighted by Crippen LogP contribution is -2.10. The van der Waals surface area contributed by atoms with Crippen molar-refractivity contribution in [3.63, 3.8) is 0 Å². The highest BCUT2D eigenvalue weighted by Crippen LogP contribution is 2.22. The summed E-state index contributed by atoms with van der Waals surface area (Å²) in [5.74, 6) is 0.446. The molecule has 3 rings (SSSR count). The third-order valence-electron chi connectivity index (χ3n) is 2.55. The van der Waals surface area contributed by atoms with Gasteiger partial charge >= 0.3 is 0 Å². The minimum absolute atomic E-state index is 0.170. The Morgan fingerprint density at radius 3 is 2.68 bits per heavy atom. The van der Waals surface area contributed by atoms with E-state index >= 15 is 0 Å². The van der Waals surface area contributed by atoms with Gasteiger partial charge in [-0.15, -0.1) is 11.3 Å². The molecule has 5 heteroatoms. The van der Waals surface area contributed by atoms with E-state index in [4.69, 9.17) is 0 Å². The summed E-state index contributed by atoms with van der Waals surface area (Å²) in [7, 11) is 0. The number of aromatic nitrogens is 2. The molecule has 0 aliphatic rings. The molecule has 0 atom stereocenters. The smallest absolute Gasteiger partial charge is 0.252 e. The standard InChI is InChI=1S/C14H11N3OS/c18-13-9-11(12-7-4-8-19-12)16-14(17-13)15-10-5-2-1-3-6-10/h1-9H,(H2,15,16,17,18). The molecule has 0 saturated heterocycles. The van der Waals surface area contributed by atoms with Gasteiger partial charge in [-0.3, -0.25) is 9.78 Å². The predicted octanol–water partition coefficient (Wildman–Crippen LogP) is 3.24. The number of aromatic amines is 1. The Hall–Kier alpha value is -2.40. The lowest BCUT2D eigenvalue weighted by molar-refractivity contribution is 1.13. The number of anilines is 2. The molecule has 2 heterocycles. The van der Waals surface area contributed by atoms with Gasteiger partial charge in [-0.25, -0.2) is 4.98 Å². The Morgan fingerprint density at radius 1 is 1.11 bits per heavy atom. The van der Waals surface area contributed by atoms with Crippen molar-refractivity contribution in [2.75, 3.05) is 5.32 Å². The third kappa shape index (κ3) is 2.71. The summed E-state index contributed by atoms with van der Waals surface area (Å²) in [4.78, 5) is 19.7. The summed E-state index contributed by atoms with van der Waals surface area (Å²) in [5, 5.41) is 5.05. The van der Waals surface area contributed by atoms with E-state index in [1.807, 2.05) is 47.8 Å². The lowest BCUT2D eigenvalue weighted by atomic mass is 10.3. The maximum absolute atomic E-state index is 11.7. The van der Waals surface area contributed by atoms with E-state index in [1.165, 1.54) is 6.07 Å². The molecule has 0 amide bonds. The average Bonchev–Trinajstić information content (AvgIpc) is 2.93. The Labute approximate surface area is 113 Å². The largest absolute Gasteiger partial charge is 0.326 e. The topological polar surface area (TPSA) is 57.8 Å². The zero-order chi connectivity index (χ0) is 13.1. The van der Waals surface area contributed by atoms with E-state index in [9.17, 15) is 4.79 Å². The van der Waals surface area contributed by atoms with Gasteiger partial charge < -0.3 is 5.32 Å². The number of thiophene rings is 1. The zero-order valence-electron chi connectivity index (χ0n) is 9.96. The molecule has 2 N–H and O–H groups in total. The predicted molar refractivity (Wildman–Crippen MR) is 77.9 cm³/mol. The zero-order valence-corrected chi connectivity index (χ0v) is 10.8. The van der Waals surface area contributed by atoms with Crippen molar-refractivity contribution in [2.24, 2.45) is 0 Å². The summed E-state index contributed by atoms with van der Waals surface area (Å²) in [5.41, 5.74) is 1.39. The van der Waals surface area contributed by atoms with Crippen LogP contribution in [0, 0.1) is 0 Å². The molecule has 0 fully saturated rings. The van der Waals surface area contributed by atoms with E-state index in [0.717, 1.165) is 10.6 Å². The molecular weight excluding hydrogens is 258 g/mol. The molecular formula is C14H11N3OS. The van der Waals surface area contributed by atoms with E-state index < -0.39 is 0 Å². The van der Waals surface area contributed by atoms with Crippen molar-refractivity contribution in [3.05, 3.63) is 64.3 Å². The van der Waals surface area contributed by atoms with E-state index in [2.05, 4.69) is 15.3 Å². The Morgan fingerprint density at radius 2 is 1.95 bits per heavy atom. The van der Waals surface area contributed by atoms with Crippen molar-refractivity contribution in [1.29, 1.82) is 0 Å². The summed E-state index contributed by atoms with van der Waals surface area (Å²) in [6, 6.07) is 15.0. The normalized spacial score (nSPS) is 10.3. The minimum atomic E-state index is -0.170. The Bertz CT molecular complexity index is 720. The van der Waals surface area contributed by atoms with Crippen LogP contribution < -0.4 is 10.9 Å². The number of hydrogen-bond acceptors (Lipinski definition) is 4. The molecule has 0 spiro atoms. The third-order valence-corrected chi connectivity index (χ3v) is 3.44. The number of nitrogens with one attached hydrogen (secondary N) is 2. The van der Waals surface area contributed by atoms with Gasteiger partial charge in [0.25, 0.3) is 5.56 Å². The SMILES string of the molecule is O=c1cc(-c2cccs2)nc(Nc2ccccc2)[nH]1. The number of rotatable bonds is 3. The molecule has 0 radical (unpaired) electrons. The Balaban J connectivity index is 1.97. The highest BCUT2D eigenvalue weighted by Gasteiger charge is 2.04. The van der Waals surface area contributed by atoms with Crippen molar-refractivity contribution in [1.82, 2.24) is 9.97 Å². The first-order valence-electron chi connectivity index (χ1n) is 5.78. The number of benzene rings is 1. The molecule has 3 aromatic rings. The maximum atomic E-state index is 11.7. The monoisotopic (exact) mass is 269 g/mol. The molecule has 0 saturated carbocycles. The van der Waals surface area contributed by atoms with Gasteiger partial charge in [0.05, 0.1) is 10.6 Å². The number of hydrogen-bond donors (Lipinski definition) is 2. The van der Waals surface area contributed by atoms with Crippen LogP contribution in [0.5, 0.6) is 0 Å². The fourth-order valence-electron chi connectivity index (χ4n) is 1.73. The van der Waals surface area contributed by atoms with Gasteiger partial charge in [0, 0.05) is 11.8 Å². The summed E-state index contributed by atoms with van der Waals surface area (Å²) < 4.78 is 0. The second kappa shape index (κ2) is 5.07. The second-order valence-corrected chi connectivity index (χ2v) is 4.90. The second-order valence-electron chi connectivity index (χ2n) is 3.95. The summed E-state index contributed by atoms with van der Waals surface area (Å²) >= 11 is 1.56. The molecule has 0 aliphatic carbocycles. The molecule has 2 aromatic heterocycles. The molecule has 94 valence electrons. The van der Waals surface area contributed by atoms with Crippen LogP contribution in [-0.4, -0.2) is 9.97 Å². The van der Waals surface area contributed by atoms with Gasteiger partial charge in [-0.2, -0.15) is 0 Å². The number of H-pyrrole nitrogens is 1. The quantitative estimate of drug-likeness (QED) is 0.767. The van der Waals surface area contributed by atoms with Crippen molar-refractivity contribution in [3.8, 4) is 10.6 Å². The van der Waals surface area contributed by atoms with Crippen molar-refractivity contribution in [2.45, 2.75) is 0 Å². The van der Waals surface area contributed by atoms with E-state index in [-0.39, 0.29) is 5.56 Å². The van der Waals surface area contributed by atoms with Gasteiger partial charge in [-0.1, -0.05) is 24.3 Å². The van der Waals surface area contributed by atoms with Crippen LogP contribution in [0.15, 0.2) is 58.7 Å². The fourth-order valence-corrected chi connectivity index (χ4v) is 2.41. The van der Waals surface area contributed by atoms with Crippen LogP contribution in [0.4, 0.5) is 11.6 Å². The van der Waals surface area contributed by atoms with Crippen LogP contribution in [0.25, 0.3) is 10.6 Å². The minimum Gasteiger partial charge on any atom is -0.326 e. The van der Waals surface area contributed by atoms with Gasteiger partial charge in [0.2, 0.25) is 5.95 Å². The number of para-hydroxylation sites is 1. The van der Waals surface area contributed by atoms with E-state index in [0.29, 0.717) is 11.6 Å². The molecule has 0 bridgehead atoms. The maximum Gasteiger partial charge on any atom is 0.252 e. The first kappa shape index (κ1) is 11.7. The Kier molecular flexibility index (Phi) is 3.12. The van der Waals surface area contributed by atoms with Crippen molar-refractivity contribution >= 4 is 23.0 Å². The fraction of sp³-hybridized carbons (Fsp3) is 0. The molecule has 4 nitrogen and oxygen atoms in total. The van der Waals surface area contributed by atoms with Crippen LogP contribution in [-0.2, 0) is 0 Å². The lowest BCUT2D eigenvalue weighted by Gasteiger charge is -2.06. The van der Waals surface area contributed by atoms with E-state index in [1.54, 1.807) is 11.3 Å². The molecule has 0 aliphatic heterocycles. The molecule has 0 unspecified atom stereocenters. The highest BCUT2D eigenvalue weighted by molar-refractivity contribution is 7.13. The van der Waals surface area contributed by atoms with Crippen LogP contribution in [0.1, 0.15) is 0 Å². The first-order chi connectivity index (χ1) is 9.31. The van der Waals surface area contributed by atoms with Crippen LogP contribution in [0.2, 0.25) is 0 Å². The van der Waals surface area contributed by atoms with Crippen molar-refractivity contribution < 1.29 is 0 Å². The van der Waals surface area contributed by atoms with Gasteiger partial charge in [0.15, 0.2) is 0 Å². The molecule has 19 heavy (non-hydrogen) atoms.